The molecule has 0 spiro atoms. The van der Waals surface area contributed by atoms with E-state index < -0.39 is 6.04 Å². The molecule has 7 nitrogen and oxygen atoms in total. The predicted molar refractivity (Wildman–Crippen MR) is 84.7 cm³/mol. The fourth-order valence-electron chi connectivity index (χ4n) is 2.55. The lowest BCUT2D eigenvalue weighted by molar-refractivity contribution is -0.126. The number of nitrogens with zero attached hydrogens (tertiary/aromatic N) is 2. The molecule has 1 unspecified atom stereocenters. The maximum atomic E-state index is 12.0. The van der Waals surface area contributed by atoms with Crippen LogP contribution in [0.1, 0.15) is 12.0 Å². The third-order valence-electron chi connectivity index (χ3n) is 3.84. The fraction of sp³-hybridized carbons (Fsp3) is 0.438. The van der Waals surface area contributed by atoms with Gasteiger partial charge in [0.1, 0.15) is 6.04 Å². The first-order valence-corrected chi connectivity index (χ1v) is 7.74. The Bertz CT molecular complexity index is 597. The van der Waals surface area contributed by atoms with Gasteiger partial charge in [0.05, 0.1) is 19.6 Å². The van der Waals surface area contributed by atoms with Crippen LogP contribution in [0.2, 0.25) is 0 Å². The molecule has 0 radical (unpaired) electrons. The van der Waals surface area contributed by atoms with Crippen molar-refractivity contribution in [2.75, 3.05) is 26.3 Å². The van der Waals surface area contributed by atoms with Gasteiger partial charge in [-0.05, 0) is 5.56 Å². The number of rotatable bonds is 4. The summed E-state index contributed by atoms with van der Waals surface area (Å²) in [7, 11) is 0. The Balaban J connectivity index is 1.51. The highest BCUT2D eigenvalue weighted by Gasteiger charge is 2.31. The minimum absolute atomic E-state index is 0.0620. The number of hydrogen-bond acceptors (Lipinski definition) is 5. The molecule has 2 heterocycles. The lowest BCUT2D eigenvalue weighted by atomic mass is 10.2. The number of morpholine rings is 1. The van der Waals surface area contributed by atoms with E-state index in [1.807, 2.05) is 35.2 Å². The van der Waals surface area contributed by atoms with E-state index >= 15 is 0 Å². The summed E-state index contributed by atoms with van der Waals surface area (Å²) in [6, 6.07) is 9.00. The van der Waals surface area contributed by atoms with Crippen LogP contribution >= 0.6 is 0 Å². The van der Waals surface area contributed by atoms with Gasteiger partial charge in [0.2, 0.25) is 11.9 Å². The van der Waals surface area contributed by atoms with Crippen LogP contribution in [-0.4, -0.2) is 55.0 Å². The molecule has 3 rings (SSSR count). The van der Waals surface area contributed by atoms with Gasteiger partial charge in [-0.25, -0.2) is 4.99 Å². The molecule has 2 aliphatic heterocycles. The minimum Gasteiger partial charge on any atom is -0.378 e. The number of benzene rings is 1. The summed E-state index contributed by atoms with van der Waals surface area (Å²) in [5, 5.41) is 5.57. The third kappa shape index (κ3) is 4.07. The third-order valence-corrected chi connectivity index (χ3v) is 3.84. The summed E-state index contributed by atoms with van der Waals surface area (Å²) in [5.41, 5.74) is 1.02. The Morgan fingerprint density at radius 3 is 2.78 bits per heavy atom. The van der Waals surface area contributed by atoms with Gasteiger partial charge >= 0.3 is 0 Å². The van der Waals surface area contributed by atoms with Crippen LogP contribution in [0.4, 0.5) is 0 Å². The molecule has 7 heteroatoms. The minimum atomic E-state index is -0.649. The van der Waals surface area contributed by atoms with Crippen LogP contribution in [0.25, 0.3) is 0 Å². The molecule has 2 amide bonds. The molecule has 1 aromatic rings. The molecule has 0 aliphatic carbocycles. The number of ether oxygens (including phenoxy) is 1. The Morgan fingerprint density at radius 2 is 2.04 bits per heavy atom. The topological polar surface area (TPSA) is 83.0 Å². The summed E-state index contributed by atoms with van der Waals surface area (Å²) in [5.74, 6) is 0.154. The number of aliphatic imine (C=N–C) groups is 1. The molecular weight excluding hydrogens is 296 g/mol. The second-order valence-corrected chi connectivity index (χ2v) is 5.52. The second kappa shape index (κ2) is 7.23. The molecule has 1 fully saturated rings. The highest BCUT2D eigenvalue weighted by atomic mass is 16.5. The van der Waals surface area contributed by atoms with Gasteiger partial charge in [-0.2, -0.15) is 0 Å². The van der Waals surface area contributed by atoms with E-state index in [-0.39, 0.29) is 18.2 Å². The summed E-state index contributed by atoms with van der Waals surface area (Å²) >= 11 is 0. The molecule has 0 bridgehead atoms. The summed E-state index contributed by atoms with van der Waals surface area (Å²) in [6.07, 6.45) is 0.0620. The van der Waals surface area contributed by atoms with E-state index in [1.165, 1.54) is 0 Å². The summed E-state index contributed by atoms with van der Waals surface area (Å²) in [6.45, 7) is 3.10. The highest BCUT2D eigenvalue weighted by molar-refractivity contribution is 6.06. The average Bonchev–Trinajstić information content (AvgIpc) is 2.95. The van der Waals surface area contributed by atoms with Crippen LogP contribution in [0.3, 0.4) is 0 Å². The second-order valence-electron chi connectivity index (χ2n) is 5.52. The van der Waals surface area contributed by atoms with E-state index in [0.29, 0.717) is 38.8 Å². The van der Waals surface area contributed by atoms with Crippen LogP contribution in [0.15, 0.2) is 35.3 Å². The SMILES string of the molecule is O=C(CC1N=C(N2CCOCC2)NC1=O)NCc1ccccc1. The molecule has 23 heavy (non-hydrogen) atoms. The van der Waals surface area contributed by atoms with Crippen molar-refractivity contribution < 1.29 is 14.3 Å². The van der Waals surface area contributed by atoms with Gasteiger partial charge in [0, 0.05) is 19.6 Å². The largest absolute Gasteiger partial charge is 0.378 e. The standard InChI is InChI=1S/C16H20N4O3/c21-14(17-11-12-4-2-1-3-5-12)10-13-15(22)19-16(18-13)20-6-8-23-9-7-20/h1-5,13H,6-11H2,(H,17,21)(H,18,19,22). The van der Waals surface area contributed by atoms with Crippen LogP contribution in [0, 0.1) is 0 Å². The maximum Gasteiger partial charge on any atom is 0.252 e. The van der Waals surface area contributed by atoms with E-state index in [0.717, 1.165) is 5.56 Å². The van der Waals surface area contributed by atoms with E-state index in [2.05, 4.69) is 15.6 Å². The number of hydrogen-bond donors (Lipinski definition) is 2. The molecular formula is C16H20N4O3. The fourth-order valence-corrected chi connectivity index (χ4v) is 2.55. The van der Waals surface area contributed by atoms with Gasteiger partial charge < -0.3 is 15.0 Å². The molecule has 122 valence electrons. The van der Waals surface area contributed by atoms with Crippen molar-refractivity contribution in [1.82, 2.24) is 15.5 Å². The first-order valence-electron chi connectivity index (χ1n) is 7.74. The Morgan fingerprint density at radius 1 is 1.30 bits per heavy atom. The Labute approximate surface area is 134 Å². The summed E-state index contributed by atoms with van der Waals surface area (Å²) in [4.78, 5) is 30.3. The summed E-state index contributed by atoms with van der Waals surface area (Å²) < 4.78 is 5.28. The molecule has 0 saturated carbocycles. The van der Waals surface area contributed by atoms with Crippen molar-refractivity contribution in [2.45, 2.75) is 19.0 Å². The number of carbonyl (C=O) groups excluding carboxylic acids is 2. The smallest absolute Gasteiger partial charge is 0.252 e. The molecule has 2 aliphatic rings. The van der Waals surface area contributed by atoms with Gasteiger partial charge in [-0.3, -0.25) is 14.9 Å². The van der Waals surface area contributed by atoms with Crippen molar-refractivity contribution in [3.8, 4) is 0 Å². The van der Waals surface area contributed by atoms with Crippen molar-refractivity contribution in [2.24, 2.45) is 4.99 Å². The number of guanidine groups is 1. The van der Waals surface area contributed by atoms with Crippen LogP contribution in [0.5, 0.6) is 0 Å². The molecule has 0 aromatic heterocycles. The predicted octanol–water partition coefficient (Wildman–Crippen LogP) is -0.120. The van der Waals surface area contributed by atoms with Crippen molar-refractivity contribution >= 4 is 17.8 Å². The number of amides is 2. The van der Waals surface area contributed by atoms with Gasteiger partial charge in [0.15, 0.2) is 0 Å². The van der Waals surface area contributed by atoms with E-state index in [4.69, 9.17) is 4.74 Å². The highest BCUT2D eigenvalue weighted by Crippen LogP contribution is 2.09. The zero-order valence-electron chi connectivity index (χ0n) is 12.8. The van der Waals surface area contributed by atoms with E-state index in [1.54, 1.807) is 0 Å². The Hall–Kier alpha value is -2.41. The Kier molecular flexibility index (Phi) is 4.87. The average molecular weight is 316 g/mol. The zero-order chi connectivity index (χ0) is 16.1. The first kappa shape index (κ1) is 15.5. The molecule has 1 saturated heterocycles. The molecule has 1 atom stereocenters. The monoisotopic (exact) mass is 316 g/mol. The van der Waals surface area contributed by atoms with E-state index in [9.17, 15) is 9.59 Å². The lowest BCUT2D eigenvalue weighted by Crippen LogP contribution is -2.46. The van der Waals surface area contributed by atoms with Crippen LogP contribution in [-0.2, 0) is 20.9 Å². The van der Waals surface area contributed by atoms with Gasteiger partial charge in [-0.1, -0.05) is 30.3 Å². The first-order chi connectivity index (χ1) is 11.2. The normalized spacial score (nSPS) is 20.9. The lowest BCUT2D eigenvalue weighted by Gasteiger charge is -2.27. The van der Waals surface area contributed by atoms with Crippen molar-refractivity contribution in [1.29, 1.82) is 0 Å². The zero-order valence-corrected chi connectivity index (χ0v) is 12.8. The van der Waals surface area contributed by atoms with Crippen LogP contribution < -0.4 is 10.6 Å². The van der Waals surface area contributed by atoms with Gasteiger partial charge in [-0.15, -0.1) is 0 Å². The maximum absolute atomic E-state index is 12.0. The van der Waals surface area contributed by atoms with Crippen molar-refractivity contribution in [3.05, 3.63) is 35.9 Å². The number of nitrogens with one attached hydrogen (secondary N) is 2. The quantitative estimate of drug-likeness (QED) is 0.811. The molecule has 1 aromatic carbocycles. The van der Waals surface area contributed by atoms with Gasteiger partial charge in [0.25, 0.3) is 5.91 Å². The number of carbonyl (C=O) groups is 2. The molecule has 2 N–H and O–H groups in total. The van der Waals surface area contributed by atoms with Crippen molar-refractivity contribution in [3.63, 3.8) is 0 Å².